The van der Waals surface area contributed by atoms with Crippen LogP contribution >= 0.6 is 32.0 Å². The Bertz CT molecular complexity index is 804. The third-order valence-corrected chi connectivity index (χ3v) is 5.74. The molecule has 0 aliphatic heterocycles. The number of nitrogens with zero attached hydrogens (tertiary/aromatic N) is 2. The summed E-state index contributed by atoms with van der Waals surface area (Å²) in [5, 5.41) is 0. The Labute approximate surface area is 201 Å². The summed E-state index contributed by atoms with van der Waals surface area (Å²) in [5.41, 5.74) is 12.1. The van der Waals surface area contributed by atoms with Gasteiger partial charge in [-0.1, -0.05) is 35.4 Å². The van der Waals surface area contributed by atoms with E-state index in [1.807, 2.05) is 11.8 Å². The molecule has 166 valence electrons. The molecule has 0 aliphatic carbocycles. The van der Waals surface area contributed by atoms with E-state index in [1.54, 1.807) is 0 Å². The summed E-state index contributed by atoms with van der Waals surface area (Å²) in [6, 6.07) is 8.81. The summed E-state index contributed by atoms with van der Waals surface area (Å²) in [6.07, 6.45) is 0. The Morgan fingerprint density at radius 3 is 1.23 bits per heavy atom. The molecule has 2 nitrogen and oxygen atoms in total. The Kier molecular flexibility index (Phi) is 12.4. The van der Waals surface area contributed by atoms with Crippen LogP contribution in [0.5, 0.6) is 0 Å². The molecule has 0 aliphatic rings. The fourth-order valence-electron chi connectivity index (χ4n) is 3.49. The molecule has 0 saturated carbocycles. The summed E-state index contributed by atoms with van der Waals surface area (Å²) in [5.74, 6) is 1.84. The molecule has 0 unspecified atom stereocenters. The van der Waals surface area contributed by atoms with Crippen LogP contribution in [0.1, 0.15) is 47.2 Å². The minimum atomic E-state index is 0.194. The first kappa shape index (κ1) is 27.3. The normalized spacial score (nSPS) is 12.1. The van der Waals surface area contributed by atoms with Crippen molar-refractivity contribution in [2.45, 2.75) is 55.4 Å². The molecule has 0 atom stereocenters. The fourth-order valence-corrected chi connectivity index (χ4v) is 4.31. The molecule has 0 bridgehead atoms. The molecule has 2 aromatic carbocycles. The number of aryl methyl sites for hydroxylation is 6. The van der Waals surface area contributed by atoms with Crippen LogP contribution in [0.2, 0.25) is 0 Å². The minimum absolute atomic E-state index is 0.194. The van der Waals surface area contributed by atoms with E-state index in [1.165, 1.54) is 33.4 Å². The van der Waals surface area contributed by atoms with Gasteiger partial charge >= 0.3 is 33.3 Å². The van der Waals surface area contributed by atoms with Crippen LogP contribution in [0.15, 0.2) is 34.3 Å². The first-order valence-electron chi connectivity index (χ1n) is 9.76. The molecule has 0 aromatic heterocycles. The molecule has 0 N–H and O–H groups in total. The Hall–Kier alpha value is -0.771. The van der Waals surface area contributed by atoms with Gasteiger partial charge in [0.05, 0.1) is 11.4 Å². The zero-order valence-electron chi connectivity index (χ0n) is 19.1. The van der Waals surface area contributed by atoms with E-state index in [9.17, 15) is 0 Å². The second-order valence-corrected chi connectivity index (χ2v) is 10.5. The van der Waals surface area contributed by atoms with Gasteiger partial charge in [0, 0.05) is 22.9 Å². The van der Waals surface area contributed by atoms with Crippen molar-refractivity contribution in [3.63, 3.8) is 0 Å². The second kappa shape index (κ2) is 13.6. The van der Waals surface area contributed by atoms with Gasteiger partial charge in [0.25, 0.3) is 0 Å². The van der Waals surface area contributed by atoms with Crippen LogP contribution in [0.3, 0.4) is 0 Å². The number of hydrogen-bond acceptors (Lipinski definition) is 3. The van der Waals surface area contributed by atoms with Gasteiger partial charge in [0.15, 0.2) is 0 Å². The second-order valence-electron chi connectivity index (χ2n) is 7.73. The van der Waals surface area contributed by atoms with Crippen molar-refractivity contribution in [1.82, 2.24) is 0 Å². The zero-order valence-corrected chi connectivity index (χ0v) is 22.6. The van der Waals surface area contributed by atoms with Crippen LogP contribution < -0.4 is 0 Å². The van der Waals surface area contributed by atoms with Crippen LogP contribution in [0.4, 0.5) is 11.4 Å². The molecule has 6 heteroatoms. The standard InChI is InChI=1S/C24H32N2S.2ClH.Fe/c1-15-9-17(3)23(18(4)10-15)25-21(7)13-27-14-22(8)26-24-19(5)11-16(2)12-20(24)6;;;/h9-12H,13-14H2,1-8H3;2*1H;/q;;;+2/p-2. The fraction of sp³-hybridized carbons (Fsp3) is 0.417. The van der Waals surface area contributed by atoms with Crippen molar-refractivity contribution in [2.75, 3.05) is 11.5 Å². The number of benzene rings is 2. The summed E-state index contributed by atoms with van der Waals surface area (Å²) < 4.78 is 0. The maximum atomic E-state index is 4.87. The predicted octanol–water partition coefficient (Wildman–Crippen LogP) is 8.53. The summed E-state index contributed by atoms with van der Waals surface area (Å²) in [6.45, 7) is 17.1. The van der Waals surface area contributed by atoms with Gasteiger partial charge in [-0.2, -0.15) is 0 Å². The molecule has 0 heterocycles. The van der Waals surface area contributed by atoms with E-state index >= 15 is 0 Å². The van der Waals surface area contributed by atoms with Crippen LogP contribution in [0.25, 0.3) is 0 Å². The van der Waals surface area contributed by atoms with Gasteiger partial charge in [-0.05, 0) is 77.6 Å². The third-order valence-electron chi connectivity index (χ3n) is 4.50. The molecule has 0 amide bonds. The molecule has 0 spiro atoms. The summed E-state index contributed by atoms with van der Waals surface area (Å²) in [7, 11) is 9.53. The monoisotopic (exact) mass is 506 g/mol. The van der Waals surface area contributed by atoms with Crippen LogP contribution in [0, 0.1) is 41.5 Å². The topological polar surface area (TPSA) is 24.7 Å². The average molecular weight is 507 g/mol. The van der Waals surface area contributed by atoms with Crippen LogP contribution in [-0.2, 0) is 13.1 Å². The molecular weight excluding hydrogens is 475 g/mol. The summed E-state index contributed by atoms with van der Waals surface area (Å²) in [4.78, 5) is 9.75. The molecule has 2 aromatic rings. The van der Waals surface area contributed by atoms with E-state index in [0.717, 1.165) is 34.3 Å². The van der Waals surface area contributed by atoms with Crippen molar-refractivity contribution in [1.29, 1.82) is 0 Å². The van der Waals surface area contributed by atoms with Gasteiger partial charge in [0.1, 0.15) is 0 Å². The van der Waals surface area contributed by atoms with E-state index in [0.29, 0.717) is 0 Å². The Balaban J connectivity index is 0.00000141. The Morgan fingerprint density at radius 1 is 0.700 bits per heavy atom. The van der Waals surface area contributed by atoms with Crippen molar-refractivity contribution in [3.05, 3.63) is 57.6 Å². The van der Waals surface area contributed by atoms with Crippen molar-refractivity contribution in [2.24, 2.45) is 9.98 Å². The number of thioether (sulfide) groups is 1. The van der Waals surface area contributed by atoms with Crippen molar-refractivity contribution >= 4 is 54.8 Å². The molecular formula is C24H32Cl2FeN2S. The van der Waals surface area contributed by atoms with Gasteiger partial charge in [-0.15, -0.1) is 11.8 Å². The van der Waals surface area contributed by atoms with Gasteiger partial charge in [0.2, 0.25) is 0 Å². The molecule has 2 rings (SSSR count). The van der Waals surface area contributed by atoms with Crippen LogP contribution in [-0.4, -0.2) is 22.9 Å². The Morgan fingerprint density at radius 2 is 0.967 bits per heavy atom. The third kappa shape index (κ3) is 9.16. The van der Waals surface area contributed by atoms with Gasteiger partial charge in [-0.25, -0.2) is 0 Å². The number of aliphatic imine (C=N–C) groups is 2. The number of halogens is 2. The van der Waals surface area contributed by atoms with Gasteiger partial charge in [-0.3, -0.25) is 9.98 Å². The van der Waals surface area contributed by atoms with E-state index in [4.69, 9.17) is 30.2 Å². The molecule has 30 heavy (non-hydrogen) atoms. The molecule has 0 radical (unpaired) electrons. The quantitative estimate of drug-likeness (QED) is 0.284. The van der Waals surface area contributed by atoms with Crippen molar-refractivity contribution in [3.8, 4) is 0 Å². The maximum absolute atomic E-state index is 4.87. The van der Waals surface area contributed by atoms with E-state index in [-0.39, 0.29) is 13.1 Å². The number of rotatable bonds is 6. The SMILES string of the molecule is CC(CSCC(C)=Nc1c(C)cc(C)cc1C)=Nc1c(C)cc(C)cc1C.[Cl][Fe][Cl]. The van der Waals surface area contributed by atoms with E-state index < -0.39 is 0 Å². The average Bonchev–Trinajstić information content (AvgIpc) is 2.62. The first-order valence-corrected chi connectivity index (χ1v) is 13.9. The molecule has 0 saturated heterocycles. The molecule has 0 fully saturated rings. The predicted molar refractivity (Wildman–Crippen MR) is 136 cm³/mol. The first-order chi connectivity index (χ1) is 14.1. The van der Waals surface area contributed by atoms with E-state index in [2.05, 4.69) is 79.7 Å². The zero-order chi connectivity index (χ0) is 22.8. The number of hydrogen-bond donors (Lipinski definition) is 0. The van der Waals surface area contributed by atoms with Gasteiger partial charge < -0.3 is 0 Å². The van der Waals surface area contributed by atoms with Crippen molar-refractivity contribution < 1.29 is 13.1 Å². The summed E-state index contributed by atoms with van der Waals surface area (Å²) >= 11 is 2.07.